The average molecular weight is 1440 g/mol. The van der Waals surface area contributed by atoms with Crippen molar-refractivity contribution in [3.8, 4) is 72.4 Å². The first-order valence-corrected chi connectivity index (χ1v) is 38.8. The molecule has 3 aliphatic rings. The van der Waals surface area contributed by atoms with Crippen LogP contribution in [0.25, 0.3) is 94.3 Å². The van der Waals surface area contributed by atoms with E-state index in [0.717, 1.165) is 117 Å². The molecule has 16 aromatic rings. The van der Waals surface area contributed by atoms with Gasteiger partial charge < -0.3 is 14.4 Å². The molecule has 3 nitrogen and oxygen atoms in total. The van der Waals surface area contributed by atoms with Crippen LogP contribution in [0, 0.1) is 0 Å². The van der Waals surface area contributed by atoms with Gasteiger partial charge in [0.15, 0.2) is 0 Å². The van der Waals surface area contributed by atoms with Crippen LogP contribution in [0.4, 0.5) is 34.1 Å². The van der Waals surface area contributed by atoms with Crippen molar-refractivity contribution in [3.05, 3.63) is 384 Å². The Bertz CT molecular complexity index is 6750. The van der Waals surface area contributed by atoms with Gasteiger partial charge in [-0.3, -0.25) is 0 Å². The number of benzene rings is 15. The van der Waals surface area contributed by atoms with Gasteiger partial charge in [-0.25, -0.2) is 0 Å². The lowest BCUT2D eigenvalue weighted by atomic mass is 9.33. The van der Waals surface area contributed by atoms with E-state index in [2.05, 4.69) is 334 Å². The minimum Gasteiger partial charge on any atom is -0.311 e. The van der Waals surface area contributed by atoms with Gasteiger partial charge in [0.25, 0.3) is 6.71 Å². The van der Waals surface area contributed by atoms with Crippen molar-refractivity contribution in [2.45, 2.75) is 110 Å². The summed E-state index contributed by atoms with van der Waals surface area (Å²) in [4.78, 5) is 5.10. The lowest BCUT2D eigenvalue weighted by Crippen LogP contribution is -2.61. The highest BCUT2D eigenvalue weighted by Crippen LogP contribution is 2.60. The zero-order valence-corrected chi connectivity index (χ0v) is 65.0. The molecule has 3 heterocycles. The molecule has 1 aromatic heterocycles. The molecule has 0 amide bonds. The Kier molecular flexibility index (Phi) is 13.7. The highest BCUT2D eigenvalue weighted by molar-refractivity contribution is 7.00. The van der Waals surface area contributed by atoms with E-state index in [4.69, 9.17) is 2.74 Å². The first-order valence-electron chi connectivity index (χ1n) is 43.8. The van der Waals surface area contributed by atoms with Gasteiger partial charge in [-0.15, -0.1) is 0 Å². The molecule has 4 heteroatoms. The molecule has 1 aliphatic carbocycles. The van der Waals surface area contributed by atoms with Crippen LogP contribution in [-0.4, -0.2) is 11.3 Å². The van der Waals surface area contributed by atoms with E-state index in [1.165, 1.54) is 27.5 Å². The summed E-state index contributed by atoms with van der Waals surface area (Å²) in [5.74, 6) is 0. The molecule has 19 rings (SSSR count). The molecule has 0 saturated carbocycles. The van der Waals surface area contributed by atoms with Crippen LogP contribution in [-0.2, 0) is 27.1 Å². The van der Waals surface area contributed by atoms with Crippen molar-refractivity contribution in [2.24, 2.45) is 0 Å². The van der Waals surface area contributed by atoms with Crippen LogP contribution < -0.4 is 26.2 Å². The maximum absolute atomic E-state index is 10.2. The summed E-state index contributed by atoms with van der Waals surface area (Å²) in [5.41, 5.74) is 24.5. The Hall–Kier alpha value is -12.2. The third kappa shape index (κ3) is 11.3. The predicted molar refractivity (Wildman–Crippen MR) is 474 cm³/mol. The smallest absolute Gasteiger partial charge is 0.252 e. The monoisotopic (exact) mass is 1440 g/mol. The number of nitrogens with zero attached hydrogens (tertiary/aromatic N) is 3. The van der Waals surface area contributed by atoms with Gasteiger partial charge in [-0.2, -0.15) is 0 Å². The standard InChI is InChI=1S/C107H92BN3/c1-103(2,3)77-51-57-93(85(63-77)70-36-21-14-22-37-70)110-97-68-81(109-94-58-52-78(104(4,5)6)64-88(94)89-65-79(105(7,8)9)53-59-95(89)109)54-55-91(97)108-92-62-73(82-47-33-48-84-83-46-31-32-49-90(83)107(100(82)84,75-42-27-17-28-43-75)76-44-29-18-30-45-76)50-56-96(92)111(99-67-80(106(10,11)12)66-98(110)101(99)108)102-86(71-38-23-15-24-39-71)60-74(69-34-19-13-20-35-69)61-87(102)72-40-25-16-26-41-72/h13-68H,1-12H3/i17D,18D,27D,28D,29D,30D,42D,43D,44D,45D. The second kappa shape index (κ2) is 26.0. The minimum atomic E-state index is -2.15. The third-order valence-corrected chi connectivity index (χ3v) is 23.6. The second-order valence-electron chi connectivity index (χ2n) is 34.5. The number of rotatable bonds is 10. The molecular formula is C107H92BN3. The lowest BCUT2D eigenvalue weighted by molar-refractivity contribution is 0.590. The van der Waals surface area contributed by atoms with Crippen LogP contribution in [0.2, 0.25) is 0 Å². The van der Waals surface area contributed by atoms with Crippen LogP contribution in [0.1, 0.15) is 141 Å². The zero-order chi connectivity index (χ0) is 84.7. The van der Waals surface area contributed by atoms with Gasteiger partial charge in [0.1, 0.15) is 0 Å². The Morgan fingerprint density at radius 1 is 0.297 bits per heavy atom. The summed E-state index contributed by atoms with van der Waals surface area (Å²) in [7, 11) is 0. The molecule has 0 radical (unpaired) electrons. The van der Waals surface area contributed by atoms with Crippen molar-refractivity contribution < 1.29 is 13.7 Å². The zero-order valence-electron chi connectivity index (χ0n) is 75.0. The van der Waals surface area contributed by atoms with Gasteiger partial charge in [-0.1, -0.05) is 344 Å². The summed E-state index contributed by atoms with van der Waals surface area (Å²) < 4.78 is 99.4. The van der Waals surface area contributed by atoms with Crippen LogP contribution in [0.3, 0.4) is 0 Å². The molecule has 0 fully saturated rings. The van der Waals surface area contributed by atoms with Crippen molar-refractivity contribution >= 4 is 79.0 Å². The Balaban J connectivity index is 0.997. The van der Waals surface area contributed by atoms with E-state index in [0.29, 0.717) is 33.4 Å². The average Bonchev–Trinajstić information content (AvgIpc) is 1.58. The number of aromatic nitrogens is 1. The number of hydrogen-bond donors (Lipinski definition) is 0. The molecule has 0 spiro atoms. The Labute approximate surface area is 670 Å². The van der Waals surface area contributed by atoms with E-state index in [1.54, 1.807) is 6.07 Å². The van der Waals surface area contributed by atoms with Gasteiger partial charge in [0.2, 0.25) is 0 Å². The normalized spacial score (nSPS) is 14.9. The lowest BCUT2D eigenvalue weighted by Gasteiger charge is -2.46. The van der Waals surface area contributed by atoms with Crippen LogP contribution in [0.5, 0.6) is 0 Å². The van der Waals surface area contributed by atoms with Crippen molar-refractivity contribution in [3.63, 3.8) is 0 Å². The predicted octanol–water partition coefficient (Wildman–Crippen LogP) is 26.8. The molecule has 0 bridgehead atoms. The summed E-state index contributed by atoms with van der Waals surface area (Å²) in [6.45, 7) is 26.9. The fraction of sp³-hybridized carbons (Fsp3) is 0.159. The van der Waals surface area contributed by atoms with E-state index in [9.17, 15) is 11.0 Å². The molecular weight excluding hydrogens is 1340 g/mol. The molecule has 15 aromatic carbocycles. The summed E-state index contributed by atoms with van der Waals surface area (Å²) in [6.07, 6.45) is 0. The van der Waals surface area contributed by atoms with Crippen LogP contribution in [0.15, 0.2) is 339 Å². The molecule has 0 N–H and O–H groups in total. The molecule has 0 saturated heterocycles. The molecule has 111 heavy (non-hydrogen) atoms. The molecule has 538 valence electrons. The van der Waals surface area contributed by atoms with E-state index in [-0.39, 0.29) is 27.4 Å². The quantitative estimate of drug-likeness (QED) is 0.126. The number of hydrogen-bond acceptors (Lipinski definition) is 2. The number of anilines is 6. The Morgan fingerprint density at radius 3 is 1.32 bits per heavy atom. The molecule has 0 unspecified atom stereocenters. The topological polar surface area (TPSA) is 11.4 Å². The van der Waals surface area contributed by atoms with E-state index in [1.807, 2.05) is 36.4 Å². The van der Waals surface area contributed by atoms with E-state index < -0.39 is 78.0 Å². The Morgan fingerprint density at radius 2 is 0.766 bits per heavy atom. The van der Waals surface area contributed by atoms with Crippen molar-refractivity contribution in [1.29, 1.82) is 0 Å². The minimum absolute atomic E-state index is 0.138. The van der Waals surface area contributed by atoms with E-state index >= 15 is 0 Å². The second-order valence-corrected chi connectivity index (χ2v) is 34.5. The third-order valence-electron chi connectivity index (χ3n) is 23.6. The highest BCUT2D eigenvalue weighted by atomic mass is 15.2. The summed E-state index contributed by atoms with van der Waals surface area (Å²) >= 11 is 0. The fourth-order valence-corrected chi connectivity index (χ4v) is 18.0. The maximum Gasteiger partial charge on any atom is 0.252 e. The van der Waals surface area contributed by atoms with Gasteiger partial charge in [0.05, 0.1) is 41.5 Å². The SMILES string of the molecule is [2H]c1c([2H])c([2H])c(C2(c3c([2H])c([2H])c([2H])c([2H])c3[2H])c3ccccc3-c3cccc(-c4ccc5c(c4)B4c6ccc(-n7c8ccc(C(C)(C)C)cc8c8cc(C(C)(C)C)ccc87)cc6N(c6ccc(C(C)(C)C)cc6-c6ccccc6)c6cc(C(C)(C)C)cc(c64)N5c4c(-c5ccccc5)cc(-c5ccccc5)cc4-c4ccccc4)c32)c([2H])c1[2H]. The van der Waals surface area contributed by atoms with Crippen LogP contribution >= 0.6 is 0 Å². The first kappa shape index (κ1) is 58.7. The highest BCUT2D eigenvalue weighted by Gasteiger charge is 2.50. The van der Waals surface area contributed by atoms with Crippen molar-refractivity contribution in [1.82, 2.24) is 4.57 Å². The summed E-state index contributed by atoms with van der Waals surface area (Å²) in [5, 5.41) is 2.34. The van der Waals surface area contributed by atoms with Gasteiger partial charge >= 0.3 is 0 Å². The van der Waals surface area contributed by atoms with Gasteiger partial charge in [-0.05, 0) is 211 Å². The first-order chi connectivity index (χ1) is 57.7. The number of fused-ring (bicyclic) bond motifs is 10. The molecule has 2 aliphatic heterocycles. The van der Waals surface area contributed by atoms with Gasteiger partial charge in [0, 0.05) is 55.9 Å². The van der Waals surface area contributed by atoms with Crippen molar-refractivity contribution in [2.75, 3.05) is 9.80 Å². The fourth-order valence-electron chi connectivity index (χ4n) is 18.0. The largest absolute Gasteiger partial charge is 0.311 e. The molecule has 0 atom stereocenters. The summed E-state index contributed by atoms with van der Waals surface area (Å²) in [6, 6.07) is 94.6. The maximum atomic E-state index is 10.2.